The molecular formula is C17H24ClFN4O2. The number of carbonyl (C=O) groups is 1. The lowest BCUT2D eigenvalue weighted by Crippen LogP contribution is -2.38. The Bertz CT molecular complexity index is 693. The van der Waals surface area contributed by atoms with Crippen LogP contribution in [0.5, 0.6) is 0 Å². The van der Waals surface area contributed by atoms with Gasteiger partial charge in [-0.1, -0.05) is 24.2 Å². The summed E-state index contributed by atoms with van der Waals surface area (Å²) in [6.45, 7) is 7.15. The third-order valence-electron chi connectivity index (χ3n) is 3.62. The number of aromatic nitrogens is 2. The second-order valence-corrected chi connectivity index (χ2v) is 5.74. The van der Waals surface area contributed by atoms with Gasteiger partial charge in [-0.25, -0.2) is 4.39 Å². The van der Waals surface area contributed by atoms with Crippen LogP contribution in [0.2, 0.25) is 0 Å². The van der Waals surface area contributed by atoms with Crippen LogP contribution in [-0.4, -0.2) is 35.2 Å². The van der Waals surface area contributed by atoms with E-state index in [0.717, 1.165) is 6.54 Å². The Balaban J connectivity index is 0.00000312. The van der Waals surface area contributed by atoms with Crippen molar-refractivity contribution in [2.75, 3.05) is 13.1 Å². The molecule has 0 aliphatic carbocycles. The van der Waals surface area contributed by atoms with Gasteiger partial charge >= 0.3 is 0 Å². The normalized spacial score (nSPS) is 11.7. The summed E-state index contributed by atoms with van der Waals surface area (Å²) in [6.07, 6.45) is 0.617. The van der Waals surface area contributed by atoms with E-state index in [-0.39, 0.29) is 36.6 Å². The molecule has 25 heavy (non-hydrogen) atoms. The van der Waals surface area contributed by atoms with Gasteiger partial charge in [-0.2, -0.15) is 4.98 Å². The van der Waals surface area contributed by atoms with Crippen LogP contribution in [0, 0.1) is 12.7 Å². The molecule has 2 N–H and O–H groups in total. The SMILES string of the molecule is CCN[C@H](C)CNC(=O)CCc1nc(-c2ccc(C)c(F)c2)no1.Cl. The lowest BCUT2D eigenvalue weighted by Gasteiger charge is -2.12. The van der Waals surface area contributed by atoms with Crippen molar-refractivity contribution in [2.45, 2.75) is 39.7 Å². The van der Waals surface area contributed by atoms with Gasteiger partial charge in [0.2, 0.25) is 17.6 Å². The zero-order valence-corrected chi connectivity index (χ0v) is 15.5. The molecule has 0 unspecified atom stereocenters. The number of halogens is 2. The van der Waals surface area contributed by atoms with Crippen molar-refractivity contribution in [3.8, 4) is 11.4 Å². The Morgan fingerprint density at radius 2 is 2.16 bits per heavy atom. The molecule has 0 spiro atoms. The molecule has 8 heteroatoms. The van der Waals surface area contributed by atoms with Crippen LogP contribution in [0.1, 0.15) is 31.7 Å². The fourth-order valence-electron chi connectivity index (χ4n) is 2.20. The van der Waals surface area contributed by atoms with Crippen LogP contribution >= 0.6 is 12.4 Å². The Morgan fingerprint density at radius 3 is 2.84 bits per heavy atom. The topological polar surface area (TPSA) is 80.0 Å². The van der Waals surface area contributed by atoms with Gasteiger partial charge in [0.15, 0.2) is 0 Å². The smallest absolute Gasteiger partial charge is 0.227 e. The lowest BCUT2D eigenvalue weighted by molar-refractivity contribution is -0.121. The predicted octanol–water partition coefficient (Wildman–Crippen LogP) is 2.65. The molecule has 6 nitrogen and oxygen atoms in total. The first-order chi connectivity index (χ1) is 11.5. The van der Waals surface area contributed by atoms with Gasteiger partial charge in [0.1, 0.15) is 5.82 Å². The molecular weight excluding hydrogens is 347 g/mol. The Hall–Kier alpha value is -1.99. The second-order valence-electron chi connectivity index (χ2n) is 5.74. The van der Waals surface area contributed by atoms with Gasteiger partial charge in [0.05, 0.1) is 0 Å². The minimum Gasteiger partial charge on any atom is -0.355 e. The number of rotatable bonds is 8. The van der Waals surface area contributed by atoms with Gasteiger partial charge in [0, 0.05) is 31.0 Å². The fraction of sp³-hybridized carbons (Fsp3) is 0.471. The number of hydrogen-bond donors (Lipinski definition) is 2. The first kappa shape index (κ1) is 21.1. The Morgan fingerprint density at radius 1 is 1.40 bits per heavy atom. The molecule has 0 aliphatic rings. The van der Waals surface area contributed by atoms with Crippen molar-refractivity contribution >= 4 is 18.3 Å². The van der Waals surface area contributed by atoms with Gasteiger partial charge in [0.25, 0.3) is 0 Å². The zero-order chi connectivity index (χ0) is 17.5. The van der Waals surface area contributed by atoms with Crippen molar-refractivity contribution in [3.63, 3.8) is 0 Å². The summed E-state index contributed by atoms with van der Waals surface area (Å²) in [5.74, 6) is 0.305. The lowest BCUT2D eigenvalue weighted by atomic mass is 10.1. The van der Waals surface area contributed by atoms with Crippen LogP contribution in [-0.2, 0) is 11.2 Å². The second kappa shape index (κ2) is 10.1. The number of aryl methyl sites for hydroxylation is 2. The van der Waals surface area contributed by atoms with Crippen molar-refractivity contribution in [2.24, 2.45) is 0 Å². The maximum absolute atomic E-state index is 13.6. The first-order valence-corrected chi connectivity index (χ1v) is 8.08. The molecule has 138 valence electrons. The average molecular weight is 371 g/mol. The highest BCUT2D eigenvalue weighted by molar-refractivity contribution is 5.85. The van der Waals surface area contributed by atoms with E-state index in [0.29, 0.717) is 35.8 Å². The molecule has 0 radical (unpaired) electrons. The molecule has 1 aromatic heterocycles. The number of amides is 1. The largest absolute Gasteiger partial charge is 0.355 e. The van der Waals surface area contributed by atoms with Crippen LogP contribution in [0.4, 0.5) is 4.39 Å². The molecule has 1 aromatic carbocycles. The number of hydrogen-bond acceptors (Lipinski definition) is 5. The molecule has 1 amide bonds. The van der Waals surface area contributed by atoms with Gasteiger partial charge in [-0.3, -0.25) is 4.79 Å². The highest BCUT2D eigenvalue weighted by Gasteiger charge is 2.12. The van der Waals surface area contributed by atoms with E-state index in [1.807, 2.05) is 13.8 Å². The van der Waals surface area contributed by atoms with E-state index >= 15 is 0 Å². The summed E-state index contributed by atoms with van der Waals surface area (Å²) in [6, 6.07) is 5.01. The zero-order valence-electron chi connectivity index (χ0n) is 14.6. The number of carbonyl (C=O) groups excluding carboxylic acids is 1. The van der Waals surface area contributed by atoms with Crippen molar-refractivity contribution in [1.29, 1.82) is 0 Å². The van der Waals surface area contributed by atoms with E-state index in [1.165, 1.54) is 6.07 Å². The molecule has 2 rings (SSSR count). The van der Waals surface area contributed by atoms with Gasteiger partial charge in [-0.05, 0) is 32.0 Å². The first-order valence-electron chi connectivity index (χ1n) is 8.08. The fourth-order valence-corrected chi connectivity index (χ4v) is 2.20. The van der Waals surface area contributed by atoms with Gasteiger partial charge in [-0.15, -0.1) is 12.4 Å². The standard InChI is InChI=1S/C17H23FN4O2.ClH/c1-4-19-12(3)10-20-15(23)7-8-16-21-17(22-24-16)13-6-5-11(2)14(18)9-13;/h5-6,9,12,19H,4,7-8,10H2,1-3H3,(H,20,23);1H/t12-;/m1./s1. The predicted molar refractivity (Wildman–Crippen MR) is 96.1 cm³/mol. The van der Waals surface area contributed by atoms with E-state index in [4.69, 9.17) is 4.52 Å². The molecule has 2 aromatic rings. The third-order valence-corrected chi connectivity index (χ3v) is 3.62. The average Bonchev–Trinajstić information content (AvgIpc) is 3.03. The molecule has 0 fully saturated rings. The minimum absolute atomic E-state index is 0. The summed E-state index contributed by atoms with van der Waals surface area (Å²) < 4.78 is 18.7. The summed E-state index contributed by atoms with van der Waals surface area (Å²) in [4.78, 5) is 16.0. The van der Waals surface area contributed by atoms with E-state index in [1.54, 1.807) is 19.1 Å². The van der Waals surface area contributed by atoms with Crippen LogP contribution in [0.3, 0.4) is 0 Å². The molecule has 0 bridgehead atoms. The number of nitrogens with one attached hydrogen (secondary N) is 2. The van der Waals surface area contributed by atoms with E-state index < -0.39 is 0 Å². The summed E-state index contributed by atoms with van der Waals surface area (Å²) in [5, 5.41) is 9.91. The maximum atomic E-state index is 13.6. The van der Waals surface area contributed by atoms with E-state index in [9.17, 15) is 9.18 Å². The Kier molecular flexibility index (Phi) is 8.51. The van der Waals surface area contributed by atoms with Crippen molar-refractivity contribution in [3.05, 3.63) is 35.5 Å². The van der Waals surface area contributed by atoms with Crippen molar-refractivity contribution in [1.82, 2.24) is 20.8 Å². The molecule has 0 aliphatic heterocycles. The highest BCUT2D eigenvalue weighted by atomic mass is 35.5. The van der Waals surface area contributed by atoms with Crippen LogP contribution in [0.15, 0.2) is 22.7 Å². The quantitative estimate of drug-likeness (QED) is 0.746. The highest BCUT2D eigenvalue weighted by Crippen LogP contribution is 2.19. The maximum Gasteiger partial charge on any atom is 0.227 e. The summed E-state index contributed by atoms with van der Waals surface area (Å²) >= 11 is 0. The molecule has 1 heterocycles. The number of likely N-dealkylation sites (N-methyl/N-ethyl adjacent to an activating group) is 1. The molecule has 0 saturated carbocycles. The molecule has 0 saturated heterocycles. The van der Waals surface area contributed by atoms with Gasteiger partial charge < -0.3 is 15.2 Å². The van der Waals surface area contributed by atoms with Crippen LogP contribution < -0.4 is 10.6 Å². The van der Waals surface area contributed by atoms with Crippen molar-refractivity contribution < 1.29 is 13.7 Å². The number of nitrogens with zero attached hydrogens (tertiary/aromatic N) is 2. The molecule has 1 atom stereocenters. The summed E-state index contributed by atoms with van der Waals surface area (Å²) in [5.41, 5.74) is 1.11. The van der Waals surface area contributed by atoms with Crippen LogP contribution in [0.25, 0.3) is 11.4 Å². The minimum atomic E-state index is -0.312. The number of benzene rings is 1. The monoisotopic (exact) mass is 370 g/mol. The Labute approximate surface area is 153 Å². The third kappa shape index (κ3) is 6.43. The van der Waals surface area contributed by atoms with E-state index in [2.05, 4.69) is 20.8 Å². The summed E-state index contributed by atoms with van der Waals surface area (Å²) in [7, 11) is 0.